The zero-order valence-electron chi connectivity index (χ0n) is 12.4. The van der Waals surface area contributed by atoms with E-state index >= 15 is 0 Å². The molecule has 0 bridgehead atoms. The molecule has 1 amide bonds. The lowest BCUT2D eigenvalue weighted by Gasteiger charge is -2.16. The summed E-state index contributed by atoms with van der Waals surface area (Å²) in [5.41, 5.74) is 7.01. The number of esters is 1. The van der Waals surface area contributed by atoms with Crippen LogP contribution in [-0.2, 0) is 11.3 Å². The van der Waals surface area contributed by atoms with Crippen LogP contribution in [0.5, 0.6) is 0 Å². The molecular formula is C14H21N3O3S. The third kappa shape index (κ3) is 3.36. The lowest BCUT2D eigenvalue weighted by atomic mass is 10.1. The highest BCUT2D eigenvalue weighted by Gasteiger charge is 2.28. The summed E-state index contributed by atoms with van der Waals surface area (Å²) >= 11 is 1.15. The summed E-state index contributed by atoms with van der Waals surface area (Å²) in [5, 5.41) is 2.95. The molecule has 0 unspecified atom stereocenters. The van der Waals surface area contributed by atoms with E-state index in [2.05, 4.69) is 10.2 Å². The smallest absolute Gasteiger partial charge is 0.341 e. The first-order valence-corrected chi connectivity index (χ1v) is 7.92. The molecule has 1 aliphatic heterocycles. The van der Waals surface area contributed by atoms with Crippen LogP contribution < -0.4 is 11.1 Å². The third-order valence-electron chi connectivity index (χ3n) is 3.53. The summed E-state index contributed by atoms with van der Waals surface area (Å²) in [4.78, 5) is 26.9. The molecule has 0 saturated carbocycles. The van der Waals surface area contributed by atoms with E-state index < -0.39 is 5.97 Å². The molecule has 1 aliphatic rings. The Morgan fingerprint density at radius 2 is 2.05 bits per heavy atom. The quantitative estimate of drug-likeness (QED) is 0.804. The number of nitrogens with two attached hydrogens (primary N) is 1. The van der Waals surface area contributed by atoms with Crippen LogP contribution in [-0.4, -0.2) is 43.5 Å². The molecule has 3 N–H and O–H groups in total. The van der Waals surface area contributed by atoms with Crippen molar-refractivity contribution in [1.82, 2.24) is 10.2 Å². The van der Waals surface area contributed by atoms with Gasteiger partial charge in [-0.25, -0.2) is 4.79 Å². The van der Waals surface area contributed by atoms with Gasteiger partial charge >= 0.3 is 5.97 Å². The van der Waals surface area contributed by atoms with Crippen molar-refractivity contribution in [1.29, 1.82) is 0 Å². The topological polar surface area (TPSA) is 84.7 Å². The van der Waals surface area contributed by atoms with E-state index in [-0.39, 0.29) is 12.5 Å². The van der Waals surface area contributed by atoms with Crippen molar-refractivity contribution in [3.8, 4) is 0 Å². The summed E-state index contributed by atoms with van der Waals surface area (Å²) in [6, 6.07) is 0. The van der Waals surface area contributed by atoms with Crippen LogP contribution in [0, 0.1) is 0 Å². The van der Waals surface area contributed by atoms with E-state index in [9.17, 15) is 9.59 Å². The number of thiophene rings is 1. The van der Waals surface area contributed by atoms with Gasteiger partial charge in [-0.15, -0.1) is 11.3 Å². The van der Waals surface area contributed by atoms with Crippen molar-refractivity contribution in [2.24, 2.45) is 0 Å². The molecule has 0 atom stereocenters. The molecule has 1 aromatic heterocycles. The first-order chi connectivity index (χ1) is 10.1. The zero-order chi connectivity index (χ0) is 15.4. The number of nitrogen functional groups attached to an aromatic ring is 1. The highest BCUT2D eigenvalue weighted by Crippen LogP contribution is 2.33. The number of nitrogens with zero attached hydrogens (tertiary/aromatic N) is 1. The molecule has 1 fully saturated rings. The fourth-order valence-electron chi connectivity index (χ4n) is 2.52. The van der Waals surface area contributed by atoms with Crippen molar-refractivity contribution in [2.75, 3.05) is 32.5 Å². The van der Waals surface area contributed by atoms with Crippen LogP contribution in [0.1, 0.15) is 45.4 Å². The molecular weight excluding hydrogens is 290 g/mol. The standard InChI is InChI=1S/C14H21N3O3S/c1-3-20-14(19)10-9(8-17-6-4-5-7-17)11(13(18)16-2)21-12(10)15/h3-8,15H2,1-2H3,(H,16,18). The summed E-state index contributed by atoms with van der Waals surface area (Å²) < 4.78 is 5.08. The van der Waals surface area contributed by atoms with Crippen LogP contribution >= 0.6 is 11.3 Å². The number of ether oxygens (including phenoxy) is 1. The minimum absolute atomic E-state index is 0.212. The van der Waals surface area contributed by atoms with Crippen LogP contribution in [0.3, 0.4) is 0 Å². The fraction of sp³-hybridized carbons (Fsp3) is 0.571. The molecule has 116 valence electrons. The Kier molecular flexibility index (Phi) is 5.19. The Balaban J connectivity index is 2.39. The van der Waals surface area contributed by atoms with Crippen molar-refractivity contribution < 1.29 is 14.3 Å². The largest absolute Gasteiger partial charge is 0.462 e. The van der Waals surface area contributed by atoms with Gasteiger partial charge < -0.3 is 15.8 Å². The second kappa shape index (κ2) is 6.91. The highest BCUT2D eigenvalue weighted by molar-refractivity contribution is 7.18. The maximum Gasteiger partial charge on any atom is 0.341 e. The second-order valence-electron chi connectivity index (χ2n) is 4.93. The number of carbonyl (C=O) groups is 2. The predicted molar refractivity (Wildman–Crippen MR) is 82.6 cm³/mol. The molecule has 0 aromatic carbocycles. The van der Waals surface area contributed by atoms with Gasteiger partial charge in [0.15, 0.2) is 0 Å². The average Bonchev–Trinajstić information content (AvgIpc) is 3.07. The van der Waals surface area contributed by atoms with Gasteiger partial charge in [-0.1, -0.05) is 0 Å². The Morgan fingerprint density at radius 3 is 2.62 bits per heavy atom. The van der Waals surface area contributed by atoms with Gasteiger partial charge in [0.25, 0.3) is 5.91 Å². The molecule has 21 heavy (non-hydrogen) atoms. The number of carbonyl (C=O) groups excluding carboxylic acids is 2. The number of likely N-dealkylation sites (tertiary alicyclic amines) is 1. The van der Waals surface area contributed by atoms with Crippen LogP contribution in [0.2, 0.25) is 0 Å². The van der Waals surface area contributed by atoms with Gasteiger partial charge in [0.1, 0.15) is 5.00 Å². The van der Waals surface area contributed by atoms with E-state index in [1.807, 2.05) is 0 Å². The van der Waals surface area contributed by atoms with Crippen LogP contribution in [0.25, 0.3) is 0 Å². The summed E-state index contributed by atoms with van der Waals surface area (Å²) in [6.45, 7) is 4.55. The minimum Gasteiger partial charge on any atom is -0.462 e. The first-order valence-electron chi connectivity index (χ1n) is 7.11. The van der Waals surface area contributed by atoms with Gasteiger partial charge in [0.05, 0.1) is 17.0 Å². The Hall–Kier alpha value is -1.60. The molecule has 7 heteroatoms. The Labute approximate surface area is 128 Å². The molecule has 0 aliphatic carbocycles. The SMILES string of the molecule is CCOC(=O)c1c(N)sc(C(=O)NC)c1CN1CCCC1. The Morgan fingerprint density at radius 1 is 1.38 bits per heavy atom. The lowest BCUT2D eigenvalue weighted by molar-refractivity contribution is 0.0526. The number of hydrogen-bond acceptors (Lipinski definition) is 6. The van der Waals surface area contributed by atoms with E-state index in [4.69, 9.17) is 10.5 Å². The fourth-order valence-corrected chi connectivity index (χ4v) is 3.54. The van der Waals surface area contributed by atoms with Gasteiger partial charge in [0.2, 0.25) is 0 Å². The van der Waals surface area contributed by atoms with Gasteiger partial charge in [0, 0.05) is 19.2 Å². The monoisotopic (exact) mass is 311 g/mol. The number of hydrogen-bond donors (Lipinski definition) is 2. The van der Waals surface area contributed by atoms with Crippen LogP contribution in [0.15, 0.2) is 0 Å². The molecule has 0 radical (unpaired) electrons. The summed E-state index contributed by atoms with van der Waals surface area (Å²) in [6.07, 6.45) is 2.29. The van der Waals surface area contributed by atoms with Gasteiger partial charge in [-0.3, -0.25) is 9.69 Å². The van der Waals surface area contributed by atoms with Crippen molar-refractivity contribution in [3.63, 3.8) is 0 Å². The van der Waals surface area contributed by atoms with Gasteiger partial charge in [-0.2, -0.15) is 0 Å². The third-order valence-corrected chi connectivity index (χ3v) is 4.59. The number of anilines is 1. The first kappa shape index (κ1) is 15.8. The van der Waals surface area contributed by atoms with Crippen LogP contribution in [0.4, 0.5) is 5.00 Å². The van der Waals surface area contributed by atoms with Crippen molar-refractivity contribution in [3.05, 3.63) is 16.0 Å². The molecule has 2 heterocycles. The highest BCUT2D eigenvalue weighted by atomic mass is 32.1. The molecule has 6 nitrogen and oxygen atoms in total. The summed E-state index contributed by atoms with van der Waals surface area (Å²) in [7, 11) is 1.57. The zero-order valence-corrected chi connectivity index (χ0v) is 13.2. The molecule has 0 spiro atoms. The lowest BCUT2D eigenvalue weighted by Crippen LogP contribution is -2.24. The van der Waals surface area contributed by atoms with Crippen molar-refractivity contribution >= 4 is 28.2 Å². The second-order valence-corrected chi connectivity index (χ2v) is 5.98. The molecule has 2 rings (SSSR count). The van der Waals surface area contributed by atoms with Crippen molar-refractivity contribution in [2.45, 2.75) is 26.3 Å². The number of amides is 1. The van der Waals surface area contributed by atoms with E-state index in [1.54, 1.807) is 14.0 Å². The van der Waals surface area contributed by atoms with Gasteiger partial charge in [-0.05, 0) is 32.9 Å². The maximum absolute atomic E-state index is 12.1. The number of nitrogens with one attached hydrogen (secondary N) is 1. The molecule has 1 saturated heterocycles. The summed E-state index contributed by atoms with van der Waals surface area (Å²) in [5.74, 6) is -0.660. The van der Waals surface area contributed by atoms with E-state index in [0.29, 0.717) is 27.5 Å². The maximum atomic E-state index is 12.1. The van der Waals surface area contributed by atoms with E-state index in [0.717, 1.165) is 37.3 Å². The molecule has 1 aromatic rings. The normalized spacial score (nSPS) is 15.1. The minimum atomic E-state index is -0.449. The van der Waals surface area contributed by atoms with E-state index in [1.165, 1.54) is 0 Å². The Bertz CT molecular complexity index is 536. The number of rotatable bonds is 5. The average molecular weight is 311 g/mol. The predicted octanol–water partition coefficient (Wildman–Crippen LogP) is 1.46.